The van der Waals surface area contributed by atoms with Crippen LogP contribution in [0.5, 0.6) is 5.75 Å². The third-order valence-corrected chi connectivity index (χ3v) is 5.66. The summed E-state index contributed by atoms with van der Waals surface area (Å²) in [6, 6.07) is 13.4. The molecule has 3 amide bonds. The van der Waals surface area contributed by atoms with Crippen LogP contribution >= 0.6 is 0 Å². The molecule has 0 saturated carbocycles. The van der Waals surface area contributed by atoms with Crippen molar-refractivity contribution in [1.82, 2.24) is 10.2 Å². The van der Waals surface area contributed by atoms with E-state index in [2.05, 4.69) is 10.2 Å². The summed E-state index contributed by atoms with van der Waals surface area (Å²) in [6.07, 6.45) is 5.36. The second-order valence-electron chi connectivity index (χ2n) is 7.84. The number of urea groups is 1. The average Bonchev–Trinajstić information content (AvgIpc) is 3.03. The molecule has 6 nitrogen and oxygen atoms in total. The lowest BCUT2D eigenvalue weighted by molar-refractivity contribution is -0.123. The molecule has 0 aromatic heterocycles. The summed E-state index contributed by atoms with van der Waals surface area (Å²) in [7, 11) is 1.62. The number of methoxy groups -OCH3 is 1. The standard InChI is InChI=1S/C24H27N3O3/c1-17-6-8-18(9-7-17)16-27-23(28)21(25-24(27)29)14-19-10-11-20(15-22(19)30-2)26-12-4-3-5-13-26/h6-11,14-15H,3-5,12-13,16H2,1-2H3,(H,25,29)/b21-14-. The van der Waals surface area contributed by atoms with Crippen LogP contribution in [0.2, 0.25) is 0 Å². The number of hydrogen-bond acceptors (Lipinski definition) is 4. The number of rotatable bonds is 5. The zero-order valence-electron chi connectivity index (χ0n) is 17.5. The first kappa shape index (κ1) is 20.0. The van der Waals surface area contributed by atoms with Crippen molar-refractivity contribution in [3.8, 4) is 5.75 Å². The number of benzene rings is 2. The Kier molecular flexibility index (Phi) is 5.74. The fourth-order valence-corrected chi connectivity index (χ4v) is 3.91. The maximum Gasteiger partial charge on any atom is 0.329 e. The molecule has 0 unspecified atom stereocenters. The minimum absolute atomic E-state index is 0.243. The van der Waals surface area contributed by atoms with Gasteiger partial charge in [-0.15, -0.1) is 0 Å². The van der Waals surface area contributed by atoms with E-state index in [1.54, 1.807) is 13.2 Å². The molecular weight excluding hydrogens is 378 g/mol. The molecule has 4 rings (SSSR count). The van der Waals surface area contributed by atoms with Gasteiger partial charge in [0.15, 0.2) is 0 Å². The number of hydrogen-bond donors (Lipinski definition) is 1. The predicted octanol–water partition coefficient (Wildman–Crippen LogP) is 4.09. The number of piperidine rings is 1. The first-order valence-electron chi connectivity index (χ1n) is 10.4. The van der Waals surface area contributed by atoms with E-state index in [0.717, 1.165) is 35.5 Å². The highest BCUT2D eigenvalue weighted by Gasteiger charge is 2.33. The Balaban J connectivity index is 1.54. The minimum Gasteiger partial charge on any atom is -0.496 e. The molecule has 0 radical (unpaired) electrons. The van der Waals surface area contributed by atoms with Crippen molar-refractivity contribution in [2.75, 3.05) is 25.1 Å². The van der Waals surface area contributed by atoms with Gasteiger partial charge in [0, 0.05) is 30.4 Å². The topological polar surface area (TPSA) is 61.9 Å². The van der Waals surface area contributed by atoms with E-state index in [4.69, 9.17) is 4.74 Å². The highest BCUT2D eigenvalue weighted by Crippen LogP contribution is 2.30. The van der Waals surface area contributed by atoms with Crippen molar-refractivity contribution in [1.29, 1.82) is 0 Å². The number of carbonyl (C=O) groups excluding carboxylic acids is 2. The summed E-state index contributed by atoms with van der Waals surface area (Å²) in [4.78, 5) is 28.8. The molecule has 2 aromatic rings. The van der Waals surface area contributed by atoms with Gasteiger partial charge in [-0.2, -0.15) is 0 Å². The van der Waals surface area contributed by atoms with Crippen LogP contribution in [0.15, 0.2) is 48.2 Å². The summed E-state index contributed by atoms with van der Waals surface area (Å²) in [6.45, 7) is 4.34. The molecule has 2 saturated heterocycles. The predicted molar refractivity (Wildman–Crippen MR) is 117 cm³/mol. The number of nitrogens with one attached hydrogen (secondary N) is 1. The summed E-state index contributed by atoms with van der Waals surface area (Å²) < 4.78 is 5.57. The minimum atomic E-state index is -0.407. The van der Waals surface area contributed by atoms with Crippen molar-refractivity contribution in [2.45, 2.75) is 32.7 Å². The fraction of sp³-hybridized carbons (Fsp3) is 0.333. The molecule has 2 aliphatic rings. The Labute approximate surface area is 177 Å². The highest BCUT2D eigenvalue weighted by molar-refractivity contribution is 6.14. The van der Waals surface area contributed by atoms with Crippen LogP contribution in [0, 0.1) is 6.92 Å². The fourth-order valence-electron chi connectivity index (χ4n) is 3.91. The monoisotopic (exact) mass is 405 g/mol. The van der Waals surface area contributed by atoms with Gasteiger partial charge in [-0.1, -0.05) is 29.8 Å². The van der Waals surface area contributed by atoms with Gasteiger partial charge in [-0.05, 0) is 50.0 Å². The van der Waals surface area contributed by atoms with Gasteiger partial charge in [-0.3, -0.25) is 9.69 Å². The zero-order valence-corrected chi connectivity index (χ0v) is 17.5. The zero-order chi connectivity index (χ0) is 21.1. The second kappa shape index (κ2) is 8.61. The van der Waals surface area contributed by atoms with Crippen LogP contribution in [0.3, 0.4) is 0 Å². The second-order valence-corrected chi connectivity index (χ2v) is 7.84. The van der Waals surface area contributed by atoms with Crippen LogP contribution in [0.1, 0.15) is 36.0 Å². The summed E-state index contributed by atoms with van der Waals surface area (Å²) in [5, 5.41) is 2.70. The van der Waals surface area contributed by atoms with E-state index < -0.39 is 6.03 Å². The van der Waals surface area contributed by atoms with Gasteiger partial charge in [0.1, 0.15) is 11.4 Å². The third kappa shape index (κ3) is 4.17. The van der Waals surface area contributed by atoms with E-state index in [1.807, 2.05) is 49.4 Å². The van der Waals surface area contributed by atoms with Crippen LogP contribution in [0.4, 0.5) is 10.5 Å². The number of nitrogens with zero attached hydrogens (tertiary/aromatic N) is 2. The molecule has 30 heavy (non-hydrogen) atoms. The Bertz CT molecular complexity index is 976. The Morgan fingerprint density at radius 2 is 1.77 bits per heavy atom. The van der Waals surface area contributed by atoms with Gasteiger partial charge < -0.3 is 15.0 Å². The number of carbonyl (C=O) groups is 2. The van der Waals surface area contributed by atoms with Gasteiger partial charge in [0.2, 0.25) is 0 Å². The van der Waals surface area contributed by atoms with Crippen LogP contribution in [-0.4, -0.2) is 37.0 Å². The van der Waals surface area contributed by atoms with Crippen molar-refractivity contribution < 1.29 is 14.3 Å². The lowest BCUT2D eigenvalue weighted by atomic mass is 10.1. The van der Waals surface area contributed by atoms with E-state index in [-0.39, 0.29) is 18.1 Å². The SMILES string of the molecule is COc1cc(N2CCCCC2)ccc1/C=C1\NC(=O)N(Cc2ccc(C)cc2)C1=O. The number of amides is 3. The smallest absolute Gasteiger partial charge is 0.329 e. The molecule has 1 N–H and O–H groups in total. The molecule has 0 atom stereocenters. The molecule has 6 heteroatoms. The maximum absolute atomic E-state index is 12.8. The van der Waals surface area contributed by atoms with Crippen molar-refractivity contribution in [3.05, 3.63) is 64.9 Å². The lowest BCUT2D eigenvalue weighted by Gasteiger charge is -2.29. The molecule has 2 aromatic carbocycles. The van der Waals surface area contributed by atoms with Crippen LogP contribution in [-0.2, 0) is 11.3 Å². The first-order valence-corrected chi connectivity index (χ1v) is 10.4. The van der Waals surface area contributed by atoms with E-state index in [0.29, 0.717) is 5.75 Å². The van der Waals surface area contributed by atoms with Gasteiger partial charge >= 0.3 is 6.03 Å². The molecule has 0 aliphatic carbocycles. The summed E-state index contributed by atoms with van der Waals surface area (Å²) in [5.74, 6) is 0.354. The molecule has 2 fully saturated rings. The largest absolute Gasteiger partial charge is 0.496 e. The molecule has 0 spiro atoms. The molecule has 2 heterocycles. The maximum atomic E-state index is 12.8. The quantitative estimate of drug-likeness (QED) is 0.601. The number of anilines is 1. The van der Waals surface area contributed by atoms with Gasteiger partial charge in [-0.25, -0.2) is 4.79 Å². The van der Waals surface area contributed by atoms with Crippen LogP contribution < -0.4 is 15.0 Å². The number of ether oxygens (including phenoxy) is 1. The summed E-state index contributed by atoms with van der Waals surface area (Å²) in [5.41, 5.74) is 4.19. The van der Waals surface area contributed by atoms with E-state index >= 15 is 0 Å². The van der Waals surface area contributed by atoms with Crippen LogP contribution in [0.25, 0.3) is 6.08 Å². The third-order valence-electron chi connectivity index (χ3n) is 5.66. The van der Waals surface area contributed by atoms with Crippen molar-refractivity contribution >= 4 is 23.7 Å². The number of aryl methyl sites for hydroxylation is 1. The normalized spacial score (nSPS) is 18.1. The highest BCUT2D eigenvalue weighted by atomic mass is 16.5. The van der Waals surface area contributed by atoms with E-state index in [1.165, 1.54) is 24.2 Å². The Morgan fingerprint density at radius 1 is 1.03 bits per heavy atom. The lowest BCUT2D eigenvalue weighted by Crippen LogP contribution is -2.30. The Morgan fingerprint density at radius 3 is 2.47 bits per heavy atom. The molecule has 156 valence electrons. The Hall–Kier alpha value is -3.28. The molecule has 2 aliphatic heterocycles. The molecular formula is C24H27N3O3. The van der Waals surface area contributed by atoms with Crippen molar-refractivity contribution in [2.24, 2.45) is 0 Å². The van der Waals surface area contributed by atoms with E-state index in [9.17, 15) is 9.59 Å². The first-order chi connectivity index (χ1) is 14.5. The number of imide groups is 1. The molecule has 0 bridgehead atoms. The van der Waals surface area contributed by atoms with Gasteiger partial charge in [0.05, 0.1) is 13.7 Å². The van der Waals surface area contributed by atoms with Gasteiger partial charge in [0.25, 0.3) is 5.91 Å². The average molecular weight is 405 g/mol. The summed E-state index contributed by atoms with van der Waals surface area (Å²) >= 11 is 0. The van der Waals surface area contributed by atoms with Crippen molar-refractivity contribution in [3.63, 3.8) is 0 Å².